The lowest BCUT2D eigenvalue weighted by Gasteiger charge is -2.29. The number of hydrogen-bond donors (Lipinski definition) is 2. The number of nitrogens with two attached hydrogens (primary N) is 1. The smallest absolute Gasteiger partial charge is 0.317 e. The molecule has 1 aliphatic rings. The fourth-order valence-corrected chi connectivity index (χ4v) is 1.37. The Balaban J connectivity index is 2.44. The van der Waals surface area contributed by atoms with Crippen LogP contribution in [0.15, 0.2) is 0 Å². The Morgan fingerprint density at radius 1 is 1.47 bits per heavy atom. The molecule has 0 atom stereocenters. The second-order valence-corrected chi connectivity index (χ2v) is 4.47. The molecule has 0 aliphatic carbocycles. The van der Waals surface area contributed by atoms with E-state index in [1.54, 1.807) is 4.90 Å². The molecule has 88 valence electrons. The zero-order valence-electron chi connectivity index (χ0n) is 9.58. The van der Waals surface area contributed by atoms with Crippen LogP contribution in [0, 0.1) is 0 Å². The van der Waals surface area contributed by atoms with E-state index in [1.807, 2.05) is 13.8 Å². The molecule has 1 rings (SSSR count). The molecule has 1 heterocycles. The van der Waals surface area contributed by atoms with Crippen molar-refractivity contribution in [3.63, 3.8) is 0 Å². The summed E-state index contributed by atoms with van der Waals surface area (Å²) in [6.45, 7) is 7.04. The average molecular weight is 215 g/mol. The van der Waals surface area contributed by atoms with Crippen LogP contribution in [0.5, 0.6) is 0 Å². The molecule has 1 aliphatic heterocycles. The zero-order valence-corrected chi connectivity index (χ0v) is 9.58. The molecule has 3 N–H and O–H groups in total. The highest BCUT2D eigenvalue weighted by Crippen LogP contribution is 2.03. The lowest BCUT2D eigenvalue weighted by atomic mass is 10.1. The first-order chi connectivity index (χ1) is 7.05. The maximum atomic E-state index is 11.8. The molecule has 1 fully saturated rings. The van der Waals surface area contributed by atoms with E-state index in [1.165, 1.54) is 0 Å². The van der Waals surface area contributed by atoms with Crippen molar-refractivity contribution in [1.29, 1.82) is 0 Å². The van der Waals surface area contributed by atoms with Crippen molar-refractivity contribution < 1.29 is 9.53 Å². The third-order valence-electron chi connectivity index (χ3n) is 2.47. The standard InChI is InChI=1S/C10H21N3O2/c1-10(2,8-11)12-9(14)13-4-3-6-15-7-5-13/h3-8,11H2,1-2H3,(H,12,14). The minimum atomic E-state index is -0.343. The van der Waals surface area contributed by atoms with E-state index in [0.29, 0.717) is 19.7 Å². The molecular weight excluding hydrogens is 194 g/mol. The van der Waals surface area contributed by atoms with Gasteiger partial charge < -0.3 is 20.7 Å². The minimum Gasteiger partial charge on any atom is -0.380 e. The van der Waals surface area contributed by atoms with Crippen LogP contribution in [-0.2, 0) is 4.74 Å². The third kappa shape index (κ3) is 4.05. The highest BCUT2D eigenvalue weighted by atomic mass is 16.5. The molecule has 0 saturated carbocycles. The van der Waals surface area contributed by atoms with E-state index in [4.69, 9.17) is 10.5 Å². The second kappa shape index (κ2) is 5.32. The highest BCUT2D eigenvalue weighted by molar-refractivity contribution is 5.75. The number of amides is 2. The number of nitrogens with zero attached hydrogens (tertiary/aromatic N) is 1. The first kappa shape index (κ1) is 12.3. The van der Waals surface area contributed by atoms with E-state index < -0.39 is 0 Å². The van der Waals surface area contributed by atoms with Gasteiger partial charge in [0.15, 0.2) is 0 Å². The van der Waals surface area contributed by atoms with Gasteiger partial charge in [-0.3, -0.25) is 0 Å². The number of ether oxygens (including phenoxy) is 1. The van der Waals surface area contributed by atoms with E-state index in [0.717, 1.165) is 19.6 Å². The van der Waals surface area contributed by atoms with Crippen molar-refractivity contribution >= 4 is 6.03 Å². The van der Waals surface area contributed by atoms with Gasteiger partial charge in [-0.15, -0.1) is 0 Å². The molecule has 15 heavy (non-hydrogen) atoms. The van der Waals surface area contributed by atoms with Crippen molar-refractivity contribution in [2.75, 3.05) is 32.8 Å². The molecule has 1 saturated heterocycles. The van der Waals surface area contributed by atoms with Gasteiger partial charge in [-0.05, 0) is 20.3 Å². The number of carbonyl (C=O) groups is 1. The van der Waals surface area contributed by atoms with E-state index in [9.17, 15) is 4.79 Å². The molecule has 5 nitrogen and oxygen atoms in total. The number of urea groups is 1. The summed E-state index contributed by atoms with van der Waals surface area (Å²) in [6, 6.07) is -0.0454. The van der Waals surface area contributed by atoms with Crippen molar-refractivity contribution in [1.82, 2.24) is 10.2 Å². The first-order valence-corrected chi connectivity index (χ1v) is 5.40. The van der Waals surface area contributed by atoms with Gasteiger partial charge in [0.1, 0.15) is 0 Å². The second-order valence-electron chi connectivity index (χ2n) is 4.47. The van der Waals surface area contributed by atoms with Crippen LogP contribution in [0.1, 0.15) is 20.3 Å². The largest absolute Gasteiger partial charge is 0.380 e. The van der Waals surface area contributed by atoms with Gasteiger partial charge in [-0.1, -0.05) is 0 Å². The Morgan fingerprint density at radius 3 is 2.87 bits per heavy atom. The van der Waals surface area contributed by atoms with Gasteiger partial charge >= 0.3 is 6.03 Å². The fraction of sp³-hybridized carbons (Fsp3) is 0.900. The van der Waals surface area contributed by atoms with Crippen LogP contribution in [0.3, 0.4) is 0 Å². The van der Waals surface area contributed by atoms with E-state index >= 15 is 0 Å². The van der Waals surface area contributed by atoms with Crippen LogP contribution in [0.2, 0.25) is 0 Å². The van der Waals surface area contributed by atoms with Gasteiger partial charge in [-0.25, -0.2) is 4.79 Å². The predicted molar refractivity (Wildman–Crippen MR) is 58.7 cm³/mol. The molecule has 0 aromatic heterocycles. The molecule has 0 aromatic carbocycles. The monoisotopic (exact) mass is 215 g/mol. The summed E-state index contributed by atoms with van der Waals surface area (Å²) in [4.78, 5) is 13.6. The minimum absolute atomic E-state index is 0.0454. The fourth-order valence-electron chi connectivity index (χ4n) is 1.37. The van der Waals surface area contributed by atoms with Crippen LogP contribution in [0.25, 0.3) is 0 Å². The van der Waals surface area contributed by atoms with E-state index in [-0.39, 0.29) is 11.6 Å². The lowest BCUT2D eigenvalue weighted by molar-refractivity contribution is 0.141. The van der Waals surface area contributed by atoms with Gasteiger partial charge in [0, 0.05) is 31.8 Å². The zero-order chi connectivity index (χ0) is 11.3. The molecular formula is C10H21N3O2. The number of hydrogen-bond acceptors (Lipinski definition) is 3. The Labute approximate surface area is 90.9 Å². The molecule has 0 spiro atoms. The highest BCUT2D eigenvalue weighted by Gasteiger charge is 2.22. The van der Waals surface area contributed by atoms with E-state index in [2.05, 4.69) is 5.32 Å². The first-order valence-electron chi connectivity index (χ1n) is 5.40. The molecule has 0 unspecified atom stereocenters. The predicted octanol–water partition coefficient (Wildman–Crippen LogP) is 0.156. The van der Waals surface area contributed by atoms with Crippen LogP contribution in [0.4, 0.5) is 4.79 Å². The van der Waals surface area contributed by atoms with Crippen molar-refractivity contribution in [2.24, 2.45) is 5.73 Å². The molecule has 0 aromatic rings. The SMILES string of the molecule is CC(C)(CN)NC(=O)N1CCCOCC1. The average Bonchev–Trinajstić information content (AvgIpc) is 2.45. The third-order valence-corrected chi connectivity index (χ3v) is 2.47. The number of nitrogens with one attached hydrogen (secondary N) is 1. The maximum Gasteiger partial charge on any atom is 0.317 e. The summed E-state index contributed by atoms with van der Waals surface area (Å²) >= 11 is 0. The summed E-state index contributed by atoms with van der Waals surface area (Å²) in [7, 11) is 0. The summed E-state index contributed by atoms with van der Waals surface area (Å²) in [5.74, 6) is 0. The van der Waals surface area contributed by atoms with Gasteiger partial charge in [0.05, 0.1) is 6.61 Å². The quantitative estimate of drug-likeness (QED) is 0.689. The summed E-state index contributed by atoms with van der Waals surface area (Å²) in [5.41, 5.74) is 5.21. The van der Waals surface area contributed by atoms with Crippen LogP contribution < -0.4 is 11.1 Å². The lowest BCUT2D eigenvalue weighted by Crippen LogP contribution is -2.54. The normalized spacial score (nSPS) is 18.5. The van der Waals surface area contributed by atoms with Gasteiger partial charge in [-0.2, -0.15) is 0 Å². The molecule has 2 amide bonds. The maximum absolute atomic E-state index is 11.8. The van der Waals surface area contributed by atoms with Crippen molar-refractivity contribution in [2.45, 2.75) is 25.8 Å². The Morgan fingerprint density at radius 2 is 2.20 bits per heavy atom. The summed E-state index contributed by atoms with van der Waals surface area (Å²) < 4.78 is 5.28. The number of carbonyl (C=O) groups excluding carboxylic acids is 1. The summed E-state index contributed by atoms with van der Waals surface area (Å²) in [5, 5.41) is 2.91. The molecule has 5 heteroatoms. The Hall–Kier alpha value is -0.810. The number of rotatable bonds is 2. The summed E-state index contributed by atoms with van der Waals surface area (Å²) in [6.07, 6.45) is 0.899. The van der Waals surface area contributed by atoms with Crippen molar-refractivity contribution in [3.05, 3.63) is 0 Å². The van der Waals surface area contributed by atoms with Crippen LogP contribution in [-0.4, -0.2) is 49.3 Å². The van der Waals surface area contributed by atoms with Crippen molar-refractivity contribution in [3.8, 4) is 0 Å². The van der Waals surface area contributed by atoms with Gasteiger partial charge in [0.25, 0.3) is 0 Å². The Bertz CT molecular complexity index is 211. The Kier molecular flexibility index (Phi) is 4.35. The molecule has 0 radical (unpaired) electrons. The van der Waals surface area contributed by atoms with Gasteiger partial charge in [0.2, 0.25) is 0 Å². The van der Waals surface area contributed by atoms with Crippen LogP contribution >= 0.6 is 0 Å². The topological polar surface area (TPSA) is 67.6 Å². The molecule has 0 bridgehead atoms.